The summed E-state index contributed by atoms with van der Waals surface area (Å²) in [4.78, 5) is 8.36. The maximum Gasteiger partial charge on any atom is 0.278 e. The van der Waals surface area contributed by atoms with Gasteiger partial charge in [-0.05, 0) is 43.9 Å². The largest absolute Gasteiger partial charge is 0.477 e. The van der Waals surface area contributed by atoms with Crippen molar-refractivity contribution in [3.8, 4) is 11.8 Å². The molecule has 0 saturated heterocycles. The molecule has 2 aromatic rings. The molecule has 0 radical (unpaired) electrons. The highest BCUT2D eigenvalue weighted by atomic mass is 35.5. The van der Waals surface area contributed by atoms with E-state index in [1.54, 1.807) is 18.3 Å². The van der Waals surface area contributed by atoms with Crippen molar-refractivity contribution in [2.24, 2.45) is 0 Å². The Balaban J connectivity index is 1.57. The van der Waals surface area contributed by atoms with Gasteiger partial charge in [-0.1, -0.05) is 17.7 Å². The molecule has 1 saturated carbocycles. The zero-order chi connectivity index (χ0) is 18.6. The normalized spacial score (nSPS) is 20.5. The van der Waals surface area contributed by atoms with Gasteiger partial charge >= 0.3 is 0 Å². The number of sulfonamides is 1. The molecular formula is C17H20ClN3O4S. The lowest BCUT2D eigenvalue weighted by atomic mass is 9.94. The topological polar surface area (TPSA) is 90.4 Å². The number of nitrogens with zero attached hydrogens (tertiary/aromatic N) is 2. The van der Waals surface area contributed by atoms with Crippen molar-refractivity contribution in [3.05, 3.63) is 41.7 Å². The summed E-state index contributed by atoms with van der Waals surface area (Å²) >= 11 is 5.88. The summed E-state index contributed by atoms with van der Waals surface area (Å²) in [6.07, 6.45) is 5.80. The monoisotopic (exact) mass is 397 g/mol. The van der Waals surface area contributed by atoms with Crippen LogP contribution in [-0.4, -0.2) is 37.6 Å². The Morgan fingerprint density at radius 1 is 1.12 bits per heavy atom. The molecule has 7 nitrogen and oxygen atoms in total. The summed E-state index contributed by atoms with van der Waals surface area (Å²) in [5.74, 6) is 0.703. The van der Waals surface area contributed by atoms with Gasteiger partial charge in [0.2, 0.25) is 10.0 Å². The van der Waals surface area contributed by atoms with Crippen molar-refractivity contribution in [2.75, 3.05) is 7.11 Å². The van der Waals surface area contributed by atoms with E-state index in [-0.39, 0.29) is 17.0 Å². The summed E-state index contributed by atoms with van der Waals surface area (Å²) in [6.45, 7) is 0. The van der Waals surface area contributed by atoms with Crippen LogP contribution in [0.2, 0.25) is 5.02 Å². The number of rotatable bonds is 6. The van der Waals surface area contributed by atoms with Crippen molar-refractivity contribution in [1.82, 2.24) is 14.7 Å². The highest BCUT2D eigenvalue weighted by Gasteiger charge is 2.27. The Morgan fingerprint density at radius 2 is 1.81 bits per heavy atom. The molecule has 0 unspecified atom stereocenters. The Morgan fingerprint density at radius 3 is 2.46 bits per heavy atom. The van der Waals surface area contributed by atoms with Crippen LogP contribution in [0.3, 0.4) is 0 Å². The first-order chi connectivity index (χ1) is 12.5. The van der Waals surface area contributed by atoms with Crippen LogP contribution >= 0.6 is 11.6 Å². The molecule has 1 heterocycles. The quantitative estimate of drug-likeness (QED) is 0.806. The minimum atomic E-state index is -3.59. The second kappa shape index (κ2) is 8.20. The van der Waals surface area contributed by atoms with Crippen molar-refractivity contribution >= 4 is 21.6 Å². The second-order valence-corrected chi connectivity index (χ2v) is 8.19. The van der Waals surface area contributed by atoms with E-state index in [0.717, 1.165) is 0 Å². The van der Waals surface area contributed by atoms with Crippen LogP contribution < -0.4 is 14.2 Å². The molecule has 1 aromatic heterocycles. The molecule has 26 heavy (non-hydrogen) atoms. The van der Waals surface area contributed by atoms with E-state index in [1.807, 2.05) is 0 Å². The maximum atomic E-state index is 12.5. The molecule has 1 fully saturated rings. The summed E-state index contributed by atoms with van der Waals surface area (Å²) in [5, 5.41) is 0.392. The highest BCUT2D eigenvalue weighted by Crippen LogP contribution is 2.28. The van der Waals surface area contributed by atoms with E-state index >= 15 is 0 Å². The molecule has 0 bridgehead atoms. The first kappa shape index (κ1) is 18.9. The van der Waals surface area contributed by atoms with Crippen molar-refractivity contribution < 1.29 is 17.9 Å². The Kier molecular flexibility index (Phi) is 5.95. The van der Waals surface area contributed by atoms with Crippen LogP contribution in [0.15, 0.2) is 41.6 Å². The molecule has 1 aliphatic rings. The lowest BCUT2D eigenvalue weighted by Crippen LogP contribution is -2.39. The minimum Gasteiger partial charge on any atom is -0.477 e. The summed E-state index contributed by atoms with van der Waals surface area (Å²) in [5.41, 5.74) is 0. The summed E-state index contributed by atoms with van der Waals surface area (Å²) < 4.78 is 38.7. The fourth-order valence-electron chi connectivity index (χ4n) is 2.91. The predicted molar refractivity (Wildman–Crippen MR) is 97.0 cm³/mol. The van der Waals surface area contributed by atoms with E-state index in [0.29, 0.717) is 42.5 Å². The van der Waals surface area contributed by atoms with E-state index in [4.69, 9.17) is 21.1 Å². The Hall–Kier alpha value is -1.90. The molecule has 0 amide bonds. The van der Waals surface area contributed by atoms with Gasteiger partial charge in [0, 0.05) is 23.5 Å². The zero-order valence-corrected chi connectivity index (χ0v) is 15.8. The van der Waals surface area contributed by atoms with Gasteiger partial charge < -0.3 is 9.47 Å². The van der Waals surface area contributed by atoms with Crippen molar-refractivity contribution in [3.63, 3.8) is 0 Å². The maximum absolute atomic E-state index is 12.5. The molecule has 1 N–H and O–H groups in total. The number of hydrogen-bond acceptors (Lipinski definition) is 6. The zero-order valence-electron chi connectivity index (χ0n) is 14.3. The van der Waals surface area contributed by atoms with Gasteiger partial charge in [-0.15, -0.1) is 0 Å². The molecule has 1 aliphatic carbocycles. The molecule has 3 rings (SSSR count). The first-order valence-corrected chi connectivity index (χ1v) is 10.1. The molecule has 0 aliphatic heterocycles. The van der Waals surface area contributed by atoms with Crippen LogP contribution in [0.1, 0.15) is 25.7 Å². The van der Waals surface area contributed by atoms with Crippen LogP contribution in [0.5, 0.6) is 11.8 Å². The Labute approximate surface area is 157 Å². The van der Waals surface area contributed by atoms with Crippen molar-refractivity contribution in [2.45, 2.75) is 42.7 Å². The third-order valence-corrected chi connectivity index (χ3v) is 5.96. The van der Waals surface area contributed by atoms with Crippen LogP contribution in [-0.2, 0) is 10.0 Å². The van der Waals surface area contributed by atoms with E-state index in [1.165, 1.54) is 25.4 Å². The van der Waals surface area contributed by atoms with Crippen LogP contribution in [0.4, 0.5) is 0 Å². The van der Waals surface area contributed by atoms with Gasteiger partial charge in [-0.25, -0.2) is 23.1 Å². The number of aromatic nitrogens is 2. The second-order valence-electron chi connectivity index (χ2n) is 6.04. The number of benzene rings is 1. The average Bonchev–Trinajstić information content (AvgIpc) is 2.63. The van der Waals surface area contributed by atoms with Crippen LogP contribution in [0, 0.1) is 0 Å². The van der Waals surface area contributed by atoms with Gasteiger partial charge in [0.1, 0.15) is 6.10 Å². The number of nitrogens with one attached hydrogen (secondary N) is 1. The molecule has 140 valence electrons. The van der Waals surface area contributed by atoms with Gasteiger partial charge in [0.15, 0.2) is 0 Å². The minimum absolute atomic E-state index is 0.0486. The Bertz CT molecular complexity index is 855. The summed E-state index contributed by atoms with van der Waals surface area (Å²) in [7, 11) is -2.07. The fraction of sp³-hybridized carbons (Fsp3) is 0.412. The van der Waals surface area contributed by atoms with Gasteiger partial charge in [0.25, 0.3) is 11.8 Å². The SMILES string of the molecule is COc1nccnc1OC1CCC(NS(=O)(=O)c2cccc(Cl)c2)CC1. The molecule has 0 spiro atoms. The van der Waals surface area contributed by atoms with Crippen LogP contribution in [0.25, 0.3) is 0 Å². The number of ether oxygens (including phenoxy) is 2. The molecule has 0 atom stereocenters. The summed E-state index contributed by atoms with van der Waals surface area (Å²) in [6, 6.07) is 6.10. The third kappa shape index (κ3) is 4.63. The van der Waals surface area contributed by atoms with E-state index in [2.05, 4.69) is 14.7 Å². The number of halogens is 1. The van der Waals surface area contributed by atoms with Crippen molar-refractivity contribution in [1.29, 1.82) is 0 Å². The number of methoxy groups -OCH3 is 1. The average molecular weight is 398 g/mol. The standard InChI is InChI=1S/C17H20ClN3O4S/c1-24-16-17(20-10-9-19-16)25-14-7-5-13(6-8-14)21-26(22,23)15-4-2-3-12(18)11-15/h2-4,9-11,13-14,21H,5-8H2,1H3. The third-order valence-electron chi connectivity index (χ3n) is 4.21. The highest BCUT2D eigenvalue weighted by molar-refractivity contribution is 7.89. The number of hydrogen-bond donors (Lipinski definition) is 1. The van der Waals surface area contributed by atoms with E-state index < -0.39 is 10.0 Å². The van der Waals surface area contributed by atoms with Gasteiger partial charge in [-0.2, -0.15) is 0 Å². The lowest BCUT2D eigenvalue weighted by Gasteiger charge is -2.29. The lowest BCUT2D eigenvalue weighted by molar-refractivity contribution is 0.132. The first-order valence-electron chi connectivity index (χ1n) is 8.27. The van der Waals surface area contributed by atoms with Gasteiger partial charge in [0.05, 0.1) is 12.0 Å². The molecule has 1 aromatic carbocycles. The van der Waals surface area contributed by atoms with E-state index in [9.17, 15) is 8.42 Å². The predicted octanol–water partition coefficient (Wildman–Crippen LogP) is 2.81. The smallest absolute Gasteiger partial charge is 0.278 e. The fourth-order valence-corrected chi connectivity index (χ4v) is 4.52. The molecule has 9 heteroatoms. The van der Waals surface area contributed by atoms with Gasteiger partial charge in [-0.3, -0.25) is 0 Å². The molecular weight excluding hydrogens is 378 g/mol.